The van der Waals surface area contributed by atoms with Crippen LogP contribution in [0.1, 0.15) is 44.6 Å². The Balaban J connectivity index is 1.73. The molecule has 28 heavy (non-hydrogen) atoms. The first-order valence-electron chi connectivity index (χ1n) is 8.98. The molecule has 0 bridgehead atoms. The standard InChI is InChI=1S/C22H22N4O2/c1-14-7-9-17(10-8-14)13-23-22-24-15(2)11-20(26-22)21(28)25-19-6-4-5-18(12-19)16(3)27/h4-12H,13H2,1-3H3,(H,25,28)(H,23,24,26). The van der Waals surface area contributed by atoms with Crippen LogP contribution < -0.4 is 10.6 Å². The van der Waals surface area contributed by atoms with Gasteiger partial charge in [0.05, 0.1) is 0 Å². The number of carbonyl (C=O) groups excluding carboxylic acids is 2. The molecule has 0 aliphatic carbocycles. The van der Waals surface area contributed by atoms with Crippen molar-refractivity contribution < 1.29 is 9.59 Å². The third-order valence-corrected chi connectivity index (χ3v) is 4.19. The molecular weight excluding hydrogens is 352 g/mol. The van der Waals surface area contributed by atoms with Gasteiger partial charge >= 0.3 is 0 Å². The Kier molecular flexibility index (Phi) is 5.79. The number of ketones is 1. The Morgan fingerprint density at radius 2 is 1.71 bits per heavy atom. The van der Waals surface area contributed by atoms with Crippen LogP contribution in [-0.4, -0.2) is 21.7 Å². The predicted molar refractivity (Wildman–Crippen MR) is 110 cm³/mol. The number of anilines is 2. The van der Waals surface area contributed by atoms with Gasteiger partial charge in [-0.2, -0.15) is 0 Å². The Bertz CT molecular complexity index is 1010. The molecule has 6 heteroatoms. The van der Waals surface area contributed by atoms with Crippen LogP contribution in [0, 0.1) is 13.8 Å². The lowest BCUT2D eigenvalue weighted by atomic mass is 10.1. The summed E-state index contributed by atoms with van der Waals surface area (Å²) in [6, 6.07) is 16.6. The zero-order valence-electron chi connectivity index (χ0n) is 16.1. The van der Waals surface area contributed by atoms with Gasteiger partial charge in [-0.05, 0) is 44.5 Å². The summed E-state index contributed by atoms with van der Waals surface area (Å²) in [5.41, 5.74) is 4.32. The normalized spacial score (nSPS) is 10.4. The highest BCUT2D eigenvalue weighted by Gasteiger charge is 2.12. The third-order valence-electron chi connectivity index (χ3n) is 4.19. The summed E-state index contributed by atoms with van der Waals surface area (Å²) >= 11 is 0. The smallest absolute Gasteiger partial charge is 0.274 e. The third kappa shape index (κ3) is 5.01. The number of hydrogen-bond donors (Lipinski definition) is 2. The number of rotatable bonds is 6. The second-order valence-electron chi connectivity index (χ2n) is 6.65. The van der Waals surface area contributed by atoms with Crippen molar-refractivity contribution in [2.24, 2.45) is 0 Å². The molecule has 0 atom stereocenters. The van der Waals surface area contributed by atoms with Crippen LogP contribution in [0.3, 0.4) is 0 Å². The molecular formula is C22H22N4O2. The highest BCUT2D eigenvalue weighted by molar-refractivity contribution is 6.04. The molecule has 0 unspecified atom stereocenters. The van der Waals surface area contributed by atoms with Crippen LogP contribution in [0.15, 0.2) is 54.6 Å². The van der Waals surface area contributed by atoms with Crippen LogP contribution in [0.2, 0.25) is 0 Å². The molecule has 2 aromatic carbocycles. The zero-order chi connectivity index (χ0) is 20.1. The first kappa shape index (κ1) is 19.2. The largest absolute Gasteiger partial charge is 0.350 e. The number of aromatic nitrogens is 2. The Morgan fingerprint density at radius 3 is 2.43 bits per heavy atom. The molecule has 0 spiro atoms. The van der Waals surface area contributed by atoms with Crippen LogP contribution in [-0.2, 0) is 6.54 Å². The Hall–Kier alpha value is -3.54. The summed E-state index contributed by atoms with van der Waals surface area (Å²) in [6.07, 6.45) is 0. The maximum atomic E-state index is 12.6. The zero-order valence-corrected chi connectivity index (χ0v) is 16.1. The number of nitrogens with zero attached hydrogens (tertiary/aromatic N) is 2. The van der Waals surface area contributed by atoms with Crippen LogP contribution in [0.4, 0.5) is 11.6 Å². The minimum Gasteiger partial charge on any atom is -0.350 e. The summed E-state index contributed by atoms with van der Waals surface area (Å²) in [6.45, 7) is 5.90. The molecule has 1 heterocycles. The number of benzene rings is 2. The van der Waals surface area contributed by atoms with Crippen LogP contribution >= 0.6 is 0 Å². The number of Topliss-reactive ketones (excluding diaryl/α,β-unsaturated/α-hetero) is 1. The van der Waals surface area contributed by atoms with E-state index in [4.69, 9.17) is 0 Å². The number of amides is 1. The van der Waals surface area contributed by atoms with Crippen molar-refractivity contribution in [3.8, 4) is 0 Å². The Labute approximate surface area is 164 Å². The number of nitrogens with one attached hydrogen (secondary N) is 2. The van der Waals surface area contributed by atoms with E-state index in [0.717, 1.165) is 5.56 Å². The molecule has 142 valence electrons. The Morgan fingerprint density at radius 1 is 0.964 bits per heavy atom. The maximum Gasteiger partial charge on any atom is 0.274 e. The van der Waals surface area contributed by atoms with Crippen molar-refractivity contribution in [1.29, 1.82) is 0 Å². The van der Waals surface area contributed by atoms with Gasteiger partial charge in [0, 0.05) is 23.5 Å². The highest BCUT2D eigenvalue weighted by atomic mass is 16.2. The quantitative estimate of drug-likeness (QED) is 0.633. The van der Waals surface area contributed by atoms with Gasteiger partial charge in [-0.1, -0.05) is 42.0 Å². The van der Waals surface area contributed by atoms with E-state index in [1.807, 2.05) is 38.1 Å². The van der Waals surface area contributed by atoms with Crippen molar-refractivity contribution in [2.75, 3.05) is 10.6 Å². The van der Waals surface area contributed by atoms with Crippen molar-refractivity contribution in [1.82, 2.24) is 9.97 Å². The predicted octanol–water partition coefficient (Wildman–Crippen LogP) is 4.16. The fourth-order valence-corrected chi connectivity index (χ4v) is 2.66. The topological polar surface area (TPSA) is 84.0 Å². The summed E-state index contributed by atoms with van der Waals surface area (Å²) in [5.74, 6) is -0.0237. The van der Waals surface area contributed by atoms with Crippen LogP contribution in [0.5, 0.6) is 0 Å². The molecule has 0 fully saturated rings. The van der Waals surface area contributed by atoms with E-state index < -0.39 is 0 Å². The van der Waals surface area contributed by atoms with E-state index in [0.29, 0.717) is 29.4 Å². The molecule has 0 saturated carbocycles. The molecule has 0 saturated heterocycles. The lowest BCUT2D eigenvalue weighted by Crippen LogP contribution is -2.16. The van der Waals surface area contributed by atoms with Gasteiger partial charge in [-0.3, -0.25) is 9.59 Å². The van der Waals surface area contributed by atoms with Crippen molar-refractivity contribution in [3.63, 3.8) is 0 Å². The van der Waals surface area contributed by atoms with E-state index in [1.54, 1.807) is 30.3 Å². The van der Waals surface area contributed by atoms with Gasteiger partial charge in [0.25, 0.3) is 5.91 Å². The van der Waals surface area contributed by atoms with E-state index in [1.165, 1.54) is 12.5 Å². The molecule has 1 amide bonds. The lowest BCUT2D eigenvalue weighted by molar-refractivity contribution is 0.100. The first-order chi connectivity index (χ1) is 13.4. The summed E-state index contributed by atoms with van der Waals surface area (Å²) in [7, 11) is 0. The SMILES string of the molecule is CC(=O)c1cccc(NC(=O)c2cc(C)nc(NCc3ccc(C)cc3)n2)c1. The van der Waals surface area contributed by atoms with Gasteiger partial charge in [-0.15, -0.1) is 0 Å². The van der Waals surface area contributed by atoms with Gasteiger partial charge in [0.2, 0.25) is 5.95 Å². The molecule has 0 aliphatic heterocycles. The minimum absolute atomic E-state index is 0.0587. The molecule has 2 N–H and O–H groups in total. The summed E-state index contributed by atoms with van der Waals surface area (Å²) in [5, 5.41) is 5.94. The molecule has 0 aliphatic rings. The van der Waals surface area contributed by atoms with E-state index in [-0.39, 0.29) is 17.4 Å². The first-order valence-corrected chi connectivity index (χ1v) is 8.98. The number of hydrogen-bond acceptors (Lipinski definition) is 5. The number of carbonyl (C=O) groups is 2. The second-order valence-corrected chi connectivity index (χ2v) is 6.65. The van der Waals surface area contributed by atoms with Crippen molar-refractivity contribution in [2.45, 2.75) is 27.3 Å². The molecule has 1 aromatic heterocycles. The average Bonchev–Trinajstić information content (AvgIpc) is 2.67. The van der Waals surface area contributed by atoms with Crippen molar-refractivity contribution >= 4 is 23.3 Å². The molecule has 6 nitrogen and oxygen atoms in total. The van der Waals surface area contributed by atoms with Gasteiger partial charge in [0.1, 0.15) is 5.69 Å². The van der Waals surface area contributed by atoms with E-state index in [2.05, 4.69) is 20.6 Å². The molecule has 0 radical (unpaired) electrons. The summed E-state index contributed by atoms with van der Waals surface area (Å²) in [4.78, 5) is 32.8. The average molecular weight is 374 g/mol. The highest BCUT2D eigenvalue weighted by Crippen LogP contribution is 2.14. The summed E-state index contributed by atoms with van der Waals surface area (Å²) < 4.78 is 0. The fraction of sp³-hybridized carbons (Fsp3) is 0.182. The minimum atomic E-state index is -0.357. The van der Waals surface area contributed by atoms with Crippen molar-refractivity contribution in [3.05, 3.63) is 82.7 Å². The number of aryl methyl sites for hydroxylation is 2. The van der Waals surface area contributed by atoms with E-state index >= 15 is 0 Å². The van der Waals surface area contributed by atoms with E-state index in [9.17, 15) is 9.59 Å². The fourth-order valence-electron chi connectivity index (χ4n) is 2.66. The van der Waals surface area contributed by atoms with Crippen LogP contribution in [0.25, 0.3) is 0 Å². The van der Waals surface area contributed by atoms with Gasteiger partial charge < -0.3 is 10.6 Å². The maximum absolute atomic E-state index is 12.6. The molecule has 3 aromatic rings. The monoisotopic (exact) mass is 374 g/mol. The van der Waals surface area contributed by atoms with Gasteiger partial charge in [0.15, 0.2) is 5.78 Å². The second kappa shape index (κ2) is 8.43. The lowest BCUT2D eigenvalue weighted by Gasteiger charge is -2.10. The molecule has 3 rings (SSSR count). The van der Waals surface area contributed by atoms with Gasteiger partial charge in [-0.25, -0.2) is 9.97 Å².